The molecule has 2 heterocycles. The molecule has 3 rings (SSSR count). The van der Waals surface area contributed by atoms with Crippen LogP contribution in [0, 0.1) is 11.2 Å². The Morgan fingerprint density at radius 1 is 1.30 bits per heavy atom. The SMILES string of the molecule is CC1(CNC(=O)N2CCN(Cc3cccc(F)c3)CC2)COC1. The van der Waals surface area contributed by atoms with Crippen LogP contribution in [0.4, 0.5) is 9.18 Å². The smallest absolute Gasteiger partial charge is 0.317 e. The Hall–Kier alpha value is -1.66. The summed E-state index contributed by atoms with van der Waals surface area (Å²) >= 11 is 0. The van der Waals surface area contributed by atoms with E-state index in [4.69, 9.17) is 4.74 Å². The molecule has 1 N–H and O–H groups in total. The zero-order valence-electron chi connectivity index (χ0n) is 13.6. The van der Waals surface area contributed by atoms with Gasteiger partial charge in [-0.1, -0.05) is 19.1 Å². The van der Waals surface area contributed by atoms with E-state index in [9.17, 15) is 9.18 Å². The summed E-state index contributed by atoms with van der Waals surface area (Å²) in [4.78, 5) is 16.3. The molecule has 0 atom stereocenters. The molecule has 5 nitrogen and oxygen atoms in total. The fourth-order valence-corrected chi connectivity index (χ4v) is 2.96. The number of ether oxygens (including phenoxy) is 1. The van der Waals surface area contributed by atoms with Crippen molar-refractivity contribution >= 4 is 6.03 Å². The Kier molecular flexibility index (Phi) is 4.82. The second kappa shape index (κ2) is 6.84. The van der Waals surface area contributed by atoms with E-state index in [2.05, 4.69) is 17.1 Å². The van der Waals surface area contributed by atoms with E-state index < -0.39 is 0 Å². The largest absolute Gasteiger partial charge is 0.380 e. The molecule has 2 saturated heterocycles. The van der Waals surface area contributed by atoms with Gasteiger partial charge in [0.25, 0.3) is 0 Å². The number of hydrogen-bond acceptors (Lipinski definition) is 3. The molecule has 0 aromatic heterocycles. The van der Waals surface area contributed by atoms with E-state index in [1.165, 1.54) is 6.07 Å². The minimum atomic E-state index is -0.200. The standard InChI is InChI=1S/C17H24FN3O2/c1-17(12-23-13-17)11-19-16(22)21-7-5-20(6-8-21)10-14-3-2-4-15(18)9-14/h2-4,9H,5-8,10-13H2,1H3,(H,19,22). The molecule has 1 aromatic rings. The maximum atomic E-state index is 13.2. The number of nitrogens with one attached hydrogen (secondary N) is 1. The number of carbonyl (C=O) groups excluding carboxylic acids is 1. The molecule has 0 bridgehead atoms. The van der Waals surface area contributed by atoms with E-state index in [0.717, 1.165) is 25.2 Å². The van der Waals surface area contributed by atoms with Crippen molar-refractivity contribution in [1.82, 2.24) is 15.1 Å². The van der Waals surface area contributed by atoms with Crippen LogP contribution in [-0.4, -0.2) is 61.8 Å². The fraction of sp³-hybridized carbons (Fsp3) is 0.588. The Morgan fingerprint density at radius 3 is 2.65 bits per heavy atom. The van der Waals surface area contributed by atoms with Crippen LogP contribution < -0.4 is 5.32 Å². The van der Waals surface area contributed by atoms with Crippen molar-refractivity contribution in [2.75, 3.05) is 45.9 Å². The lowest BCUT2D eigenvalue weighted by molar-refractivity contribution is -0.0979. The quantitative estimate of drug-likeness (QED) is 0.918. The van der Waals surface area contributed by atoms with Crippen LogP contribution in [0.25, 0.3) is 0 Å². The number of hydrogen-bond donors (Lipinski definition) is 1. The molecule has 1 aromatic carbocycles. The number of piperazine rings is 1. The summed E-state index contributed by atoms with van der Waals surface area (Å²) in [5, 5.41) is 3.01. The van der Waals surface area contributed by atoms with Gasteiger partial charge in [0.2, 0.25) is 0 Å². The normalized spacial score (nSPS) is 20.9. The Morgan fingerprint density at radius 2 is 2.04 bits per heavy atom. The number of carbonyl (C=O) groups is 1. The van der Waals surface area contributed by atoms with Crippen molar-refractivity contribution in [1.29, 1.82) is 0 Å². The van der Waals surface area contributed by atoms with Gasteiger partial charge in [0.05, 0.1) is 13.2 Å². The zero-order valence-corrected chi connectivity index (χ0v) is 13.6. The van der Waals surface area contributed by atoms with Crippen LogP contribution in [0.15, 0.2) is 24.3 Å². The fourth-order valence-electron chi connectivity index (χ4n) is 2.96. The van der Waals surface area contributed by atoms with Crippen LogP contribution in [0.5, 0.6) is 0 Å². The first-order valence-electron chi connectivity index (χ1n) is 8.11. The molecule has 0 unspecified atom stereocenters. The van der Waals surface area contributed by atoms with Crippen LogP contribution >= 0.6 is 0 Å². The topological polar surface area (TPSA) is 44.8 Å². The number of urea groups is 1. The highest BCUT2D eigenvalue weighted by Gasteiger charge is 2.34. The number of amides is 2. The van der Waals surface area contributed by atoms with Crippen molar-refractivity contribution < 1.29 is 13.9 Å². The van der Waals surface area contributed by atoms with Gasteiger partial charge < -0.3 is 15.0 Å². The third-order valence-corrected chi connectivity index (χ3v) is 4.52. The van der Waals surface area contributed by atoms with Gasteiger partial charge >= 0.3 is 6.03 Å². The molecule has 2 amide bonds. The second-order valence-electron chi connectivity index (χ2n) is 6.86. The van der Waals surface area contributed by atoms with Gasteiger partial charge in [-0.15, -0.1) is 0 Å². The highest BCUT2D eigenvalue weighted by Crippen LogP contribution is 2.25. The lowest BCUT2D eigenvalue weighted by Gasteiger charge is -2.39. The Labute approximate surface area is 136 Å². The third kappa shape index (κ3) is 4.20. The minimum absolute atomic E-state index is 0.00327. The highest BCUT2D eigenvalue weighted by atomic mass is 19.1. The molecule has 0 aliphatic carbocycles. The van der Waals surface area contributed by atoms with Crippen LogP contribution in [0.3, 0.4) is 0 Å². The van der Waals surface area contributed by atoms with Crippen LogP contribution in [-0.2, 0) is 11.3 Å². The van der Waals surface area contributed by atoms with E-state index >= 15 is 0 Å². The summed E-state index contributed by atoms with van der Waals surface area (Å²) in [7, 11) is 0. The zero-order chi connectivity index (χ0) is 16.3. The predicted octanol–water partition coefficient (Wildman–Crippen LogP) is 1.69. The number of halogens is 1. The van der Waals surface area contributed by atoms with E-state index in [1.807, 2.05) is 11.0 Å². The van der Waals surface area contributed by atoms with Gasteiger partial charge in [0.1, 0.15) is 5.82 Å². The van der Waals surface area contributed by atoms with Crippen molar-refractivity contribution in [3.63, 3.8) is 0 Å². The van der Waals surface area contributed by atoms with Crippen molar-refractivity contribution in [3.05, 3.63) is 35.6 Å². The lowest BCUT2D eigenvalue weighted by Crippen LogP contribution is -2.55. The molecular weight excluding hydrogens is 297 g/mol. The predicted molar refractivity (Wildman–Crippen MR) is 85.6 cm³/mol. The van der Waals surface area contributed by atoms with Gasteiger partial charge in [-0.25, -0.2) is 9.18 Å². The van der Waals surface area contributed by atoms with Crippen LogP contribution in [0.1, 0.15) is 12.5 Å². The van der Waals surface area contributed by atoms with Crippen molar-refractivity contribution in [2.45, 2.75) is 13.5 Å². The summed E-state index contributed by atoms with van der Waals surface area (Å²) in [5.41, 5.74) is 1.07. The average Bonchev–Trinajstić information content (AvgIpc) is 2.51. The molecule has 0 radical (unpaired) electrons. The monoisotopic (exact) mass is 321 g/mol. The van der Waals surface area contributed by atoms with Gasteiger partial charge in [0.15, 0.2) is 0 Å². The molecule has 2 aliphatic heterocycles. The molecule has 23 heavy (non-hydrogen) atoms. The molecule has 2 aliphatic rings. The van der Waals surface area contributed by atoms with Crippen molar-refractivity contribution in [3.8, 4) is 0 Å². The van der Waals surface area contributed by atoms with E-state index in [0.29, 0.717) is 32.8 Å². The first kappa shape index (κ1) is 16.2. The first-order chi connectivity index (χ1) is 11.0. The van der Waals surface area contributed by atoms with Crippen LogP contribution in [0.2, 0.25) is 0 Å². The summed E-state index contributed by atoms with van der Waals surface area (Å²) in [5.74, 6) is -0.200. The molecule has 0 spiro atoms. The molecular formula is C17H24FN3O2. The molecule has 0 saturated carbocycles. The second-order valence-corrected chi connectivity index (χ2v) is 6.86. The van der Waals surface area contributed by atoms with Gasteiger partial charge in [-0.05, 0) is 17.7 Å². The van der Waals surface area contributed by atoms with Gasteiger partial charge in [-0.3, -0.25) is 4.90 Å². The molecule has 126 valence electrons. The summed E-state index contributed by atoms with van der Waals surface area (Å²) < 4.78 is 18.4. The minimum Gasteiger partial charge on any atom is -0.380 e. The van der Waals surface area contributed by atoms with E-state index in [1.54, 1.807) is 12.1 Å². The van der Waals surface area contributed by atoms with Crippen molar-refractivity contribution in [2.24, 2.45) is 5.41 Å². The van der Waals surface area contributed by atoms with E-state index in [-0.39, 0.29) is 17.3 Å². The Bertz CT molecular complexity index is 555. The maximum absolute atomic E-state index is 13.2. The highest BCUT2D eigenvalue weighted by molar-refractivity contribution is 5.74. The number of nitrogens with zero attached hydrogens (tertiary/aromatic N) is 2. The molecule has 6 heteroatoms. The maximum Gasteiger partial charge on any atom is 0.317 e. The number of rotatable bonds is 4. The van der Waals surface area contributed by atoms with Gasteiger partial charge in [0, 0.05) is 44.7 Å². The third-order valence-electron chi connectivity index (χ3n) is 4.52. The number of benzene rings is 1. The summed E-state index contributed by atoms with van der Waals surface area (Å²) in [6.07, 6.45) is 0. The first-order valence-corrected chi connectivity index (χ1v) is 8.11. The lowest BCUT2D eigenvalue weighted by atomic mass is 9.89. The summed E-state index contributed by atoms with van der Waals surface area (Å²) in [6, 6.07) is 6.70. The summed E-state index contributed by atoms with van der Waals surface area (Å²) in [6.45, 7) is 7.96. The Balaban J connectivity index is 1.42. The van der Waals surface area contributed by atoms with Gasteiger partial charge in [-0.2, -0.15) is 0 Å². The molecule has 2 fully saturated rings. The average molecular weight is 321 g/mol.